The lowest BCUT2D eigenvalue weighted by Crippen LogP contribution is -2.23. The van der Waals surface area contributed by atoms with Crippen LogP contribution in [0.25, 0.3) is 11.0 Å². The topological polar surface area (TPSA) is 104 Å². The number of fused-ring (bicyclic) bond motifs is 1. The first-order valence-electron chi connectivity index (χ1n) is 10.1. The van der Waals surface area contributed by atoms with Crippen molar-refractivity contribution in [3.63, 3.8) is 0 Å². The molecule has 4 rings (SSSR count). The van der Waals surface area contributed by atoms with Crippen LogP contribution in [0.4, 0.5) is 10.1 Å². The molecule has 0 aliphatic heterocycles. The molecule has 0 radical (unpaired) electrons. The van der Waals surface area contributed by atoms with E-state index in [-0.39, 0.29) is 23.2 Å². The Morgan fingerprint density at radius 2 is 1.85 bits per heavy atom. The Balaban J connectivity index is 1.47. The van der Waals surface area contributed by atoms with E-state index in [1.807, 2.05) is 0 Å². The summed E-state index contributed by atoms with van der Waals surface area (Å²) in [6.45, 7) is 3.59. The molecule has 0 spiro atoms. The van der Waals surface area contributed by atoms with E-state index in [9.17, 15) is 17.6 Å². The minimum atomic E-state index is -3.66. The summed E-state index contributed by atoms with van der Waals surface area (Å²) in [7, 11) is -3.66. The number of imidazole rings is 1. The zero-order chi connectivity index (χ0) is 23.4. The van der Waals surface area contributed by atoms with Gasteiger partial charge in [-0.15, -0.1) is 6.58 Å². The molecule has 0 aliphatic carbocycles. The number of benzene rings is 3. The van der Waals surface area contributed by atoms with Gasteiger partial charge in [0, 0.05) is 24.2 Å². The molecule has 4 aromatic rings. The number of aromatic amines is 1. The van der Waals surface area contributed by atoms with Crippen molar-refractivity contribution in [3.05, 3.63) is 102 Å². The molecule has 168 valence electrons. The van der Waals surface area contributed by atoms with Crippen molar-refractivity contribution >= 4 is 32.7 Å². The van der Waals surface area contributed by atoms with Crippen LogP contribution in [0.5, 0.6) is 0 Å². The number of H-pyrrole nitrogens is 1. The third kappa shape index (κ3) is 5.16. The maximum absolute atomic E-state index is 13.9. The zero-order valence-corrected chi connectivity index (χ0v) is 18.3. The Bertz CT molecular complexity index is 1430. The minimum absolute atomic E-state index is 0.0576. The highest BCUT2D eigenvalue weighted by Crippen LogP contribution is 2.20. The van der Waals surface area contributed by atoms with E-state index in [0.717, 1.165) is 0 Å². The number of sulfonamides is 1. The number of amides is 1. The summed E-state index contributed by atoms with van der Waals surface area (Å²) in [5.41, 5.74) is 2.78. The van der Waals surface area contributed by atoms with Crippen molar-refractivity contribution in [2.75, 3.05) is 11.9 Å². The fourth-order valence-corrected chi connectivity index (χ4v) is 4.29. The van der Waals surface area contributed by atoms with Crippen LogP contribution in [-0.4, -0.2) is 30.8 Å². The molecule has 9 heteroatoms. The molecular weight excluding hydrogens is 443 g/mol. The second-order valence-corrected chi connectivity index (χ2v) is 9.07. The van der Waals surface area contributed by atoms with E-state index in [1.165, 1.54) is 36.4 Å². The second kappa shape index (κ2) is 9.35. The molecule has 0 saturated heterocycles. The minimum Gasteiger partial charge on any atom is -0.342 e. The van der Waals surface area contributed by atoms with E-state index >= 15 is 0 Å². The van der Waals surface area contributed by atoms with Crippen LogP contribution in [0.1, 0.15) is 21.7 Å². The lowest BCUT2D eigenvalue weighted by Gasteiger charge is -2.07. The number of carbonyl (C=O) groups excluding carboxylic acids is 1. The van der Waals surface area contributed by atoms with E-state index in [4.69, 9.17) is 0 Å². The largest absolute Gasteiger partial charge is 0.342 e. The zero-order valence-electron chi connectivity index (χ0n) is 17.5. The number of hydrogen-bond acceptors (Lipinski definition) is 4. The van der Waals surface area contributed by atoms with Crippen LogP contribution >= 0.6 is 0 Å². The molecule has 1 heterocycles. The van der Waals surface area contributed by atoms with Gasteiger partial charge >= 0.3 is 0 Å². The summed E-state index contributed by atoms with van der Waals surface area (Å²) in [5.74, 6) is -0.0647. The summed E-state index contributed by atoms with van der Waals surface area (Å²) in [6.07, 6.45) is 1.76. The van der Waals surface area contributed by atoms with E-state index in [2.05, 4.69) is 26.6 Å². The maximum atomic E-state index is 13.9. The molecule has 0 unspecified atom stereocenters. The molecule has 1 amide bonds. The fourth-order valence-electron chi connectivity index (χ4n) is 3.29. The first-order chi connectivity index (χ1) is 15.9. The highest BCUT2D eigenvalue weighted by molar-refractivity contribution is 7.89. The Labute approximate surface area is 190 Å². The van der Waals surface area contributed by atoms with Crippen molar-refractivity contribution in [3.8, 4) is 0 Å². The number of hydrogen-bond donors (Lipinski definition) is 3. The van der Waals surface area contributed by atoms with E-state index in [1.54, 1.807) is 36.4 Å². The van der Waals surface area contributed by atoms with Crippen molar-refractivity contribution in [2.24, 2.45) is 0 Å². The molecule has 3 N–H and O–H groups in total. The van der Waals surface area contributed by atoms with Gasteiger partial charge in [-0.3, -0.25) is 4.79 Å². The monoisotopic (exact) mass is 464 g/mol. The van der Waals surface area contributed by atoms with E-state index < -0.39 is 10.0 Å². The lowest BCUT2D eigenvalue weighted by molar-refractivity contribution is 0.102. The summed E-state index contributed by atoms with van der Waals surface area (Å²) < 4.78 is 40.6. The number of anilines is 1. The highest BCUT2D eigenvalue weighted by Gasteiger charge is 2.14. The first kappa shape index (κ1) is 22.4. The Morgan fingerprint density at radius 1 is 1.09 bits per heavy atom. The molecule has 3 aromatic carbocycles. The van der Waals surface area contributed by atoms with Crippen LogP contribution < -0.4 is 10.0 Å². The van der Waals surface area contributed by atoms with Crippen LogP contribution in [0.3, 0.4) is 0 Å². The number of nitrogens with zero attached hydrogens (tertiary/aromatic N) is 1. The van der Waals surface area contributed by atoms with Gasteiger partial charge in [-0.05, 0) is 54.1 Å². The molecule has 0 fully saturated rings. The van der Waals surface area contributed by atoms with Crippen LogP contribution in [-0.2, 0) is 16.4 Å². The maximum Gasteiger partial charge on any atom is 0.255 e. The van der Waals surface area contributed by atoms with Gasteiger partial charge in [0.05, 0.1) is 15.9 Å². The van der Waals surface area contributed by atoms with E-state index in [0.29, 0.717) is 40.1 Å². The molecule has 0 saturated carbocycles. The lowest BCUT2D eigenvalue weighted by atomic mass is 10.1. The molecule has 0 atom stereocenters. The Kier molecular flexibility index (Phi) is 6.34. The number of carbonyl (C=O) groups is 1. The summed E-state index contributed by atoms with van der Waals surface area (Å²) in [4.78, 5) is 20.3. The molecule has 0 bridgehead atoms. The third-order valence-corrected chi connectivity index (χ3v) is 6.39. The molecule has 33 heavy (non-hydrogen) atoms. The normalized spacial score (nSPS) is 11.4. The fraction of sp³-hybridized carbons (Fsp3) is 0.0833. The number of aromatic nitrogens is 2. The SMILES string of the molecule is C=CCNS(=O)(=O)c1ccc(C(=O)Nc2ccc3nc(Cc4ccccc4F)[nH]c3c2)cc1. The van der Waals surface area contributed by atoms with Gasteiger partial charge in [0.2, 0.25) is 10.0 Å². The van der Waals surface area contributed by atoms with Crippen LogP contribution in [0.2, 0.25) is 0 Å². The molecule has 7 nitrogen and oxygen atoms in total. The van der Waals surface area contributed by atoms with Crippen molar-refractivity contribution in [1.82, 2.24) is 14.7 Å². The van der Waals surface area contributed by atoms with Gasteiger partial charge in [-0.1, -0.05) is 24.3 Å². The predicted octanol–water partition coefficient (Wildman–Crippen LogP) is 4.01. The summed E-state index contributed by atoms with van der Waals surface area (Å²) in [5, 5.41) is 2.79. The van der Waals surface area contributed by atoms with Gasteiger partial charge in [0.25, 0.3) is 5.91 Å². The quantitative estimate of drug-likeness (QED) is 0.343. The van der Waals surface area contributed by atoms with Gasteiger partial charge in [-0.2, -0.15) is 0 Å². The average molecular weight is 465 g/mol. The van der Waals surface area contributed by atoms with Gasteiger partial charge in [-0.25, -0.2) is 22.5 Å². The highest BCUT2D eigenvalue weighted by atomic mass is 32.2. The first-order valence-corrected chi connectivity index (χ1v) is 11.6. The summed E-state index contributed by atoms with van der Waals surface area (Å²) >= 11 is 0. The second-order valence-electron chi connectivity index (χ2n) is 7.30. The van der Waals surface area contributed by atoms with Gasteiger partial charge in [0.15, 0.2) is 0 Å². The Morgan fingerprint density at radius 3 is 2.58 bits per heavy atom. The standard InChI is InChI=1S/C24H21FN4O3S/c1-2-13-26-33(31,32)19-10-7-16(8-11-19)24(30)27-18-9-12-21-22(15-18)29-23(28-21)14-17-5-3-4-6-20(17)25/h2-12,15,26H,1,13-14H2,(H,27,30)(H,28,29). The summed E-state index contributed by atoms with van der Waals surface area (Å²) in [6, 6.07) is 17.4. The smallest absolute Gasteiger partial charge is 0.255 e. The number of nitrogens with one attached hydrogen (secondary N) is 3. The molecular formula is C24H21FN4O3S. The average Bonchev–Trinajstić information content (AvgIpc) is 3.21. The van der Waals surface area contributed by atoms with Gasteiger partial charge < -0.3 is 10.3 Å². The van der Waals surface area contributed by atoms with Crippen LogP contribution in [0.15, 0.2) is 84.3 Å². The van der Waals surface area contributed by atoms with Crippen molar-refractivity contribution in [2.45, 2.75) is 11.3 Å². The molecule has 1 aromatic heterocycles. The van der Waals surface area contributed by atoms with Crippen molar-refractivity contribution in [1.29, 1.82) is 0 Å². The third-order valence-electron chi connectivity index (χ3n) is 4.95. The Hall–Kier alpha value is -3.82. The van der Waals surface area contributed by atoms with Crippen LogP contribution in [0, 0.1) is 5.82 Å². The number of halogens is 1. The number of rotatable bonds is 8. The predicted molar refractivity (Wildman–Crippen MR) is 125 cm³/mol. The molecule has 0 aliphatic rings. The van der Waals surface area contributed by atoms with Gasteiger partial charge in [0.1, 0.15) is 11.6 Å². The van der Waals surface area contributed by atoms with Crippen molar-refractivity contribution < 1.29 is 17.6 Å².